The van der Waals surface area contributed by atoms with Crippen LogP contribution in [0.3, 0.4) is 0 Å². The molecule has 3 heteroatoms. The summed E-state index contributed by atoms with van der Waals surface area (Å²) >= 11 is 0. The van der Waals surface area contributed by atoms with E-state index in [2.05, 4.69) is 18.8 Å². The maximum absolute atomic E-state index is 11.8. The van der Waals surface area contributed by atoms with Crippen LogP contribution in [0, 0.1) is 11.8 Å². The van der Waals surface area contributed by atoms with Gasteiger partial charge in [-0.15, -0.1) is 0 Å². The lowest BCUT2D eigenvalue weighted by atomic mass is 9.90. The lowest BCUT2D eigenvalue weighted by Crippen LogP contribution is -2.44. The van der Waals surface area contributed by atoms with Crippen molar-refractivity contribution < 1.29 is 4.79 Å². The van der Waals surface area contributed by atoms with Gasteiger partial charge >= 0.3 is 0 Å². The summed E-state index contributed by atoms with van der Waals surface area (Å²) in [5, 5.41) is 0. The van der Waals surface area contributed by atoms with Crippen LogP contribution >= 0.6 is 0 Å². The van der Waals surface area contributed by atoms with Gasteiger partial charge in [0.15, 0.2) is 0 Å². The van der Waals surface area contributed by atoms with Crippen LogP contribution < -0.4 is 5.73 Å². The first-order valence-corrected chi connectivity index (χ1v) is 6.18. The predicted octanol–water partition coefficient (Wildman–Crippen LogP) is 1.52. The fourth-order valence-electron chi connectivity index (χ4n) is 2.28. The van der Waals surface area contributed by atoms with Crippen LogP contribution in [0.15, 0.2) is 0 Å². The maximum Gasteiger partial charge on any atom is 0.298 e. The molecular formula is C13H22N2O. The number of nitrogens with two attached hydrogens (primary N) is 1. The second-order valence-corrected chi connectivity index (χ2v) is 4.44. The van der Waals surface area contributed by atoms with E-state index in [1.807, 2.05) is 4.90 Å². The van der Waals surface area contributed by atoms with Crippen molar-refractivity contribution in [3.05, 3.63) is 0 Å². The molecule has 3 nitrogen and oxygen atoms in total. The second-order valence-electron chi connectivity index (χ2n) is 4.44. The molecule has 0 radical (unpaired) electrons. The molecule has 0 atom stereocenters. The summed E-state index contributed by atoms with van der Waals surface area (Å²) in [7, 11) is 0. The lowest BCUT2D eigenvalue weighted by Gasteiger charge is -2.34. The van der Waals surface area contributed by atoms with Gasteiger partial charge in [-0.1, -0.05) is 12.8 Å². The zero-order valence-electron chi connectivity index (χ0n) is 10.3. The Kier molecular flexibility index (Phi) is 5.34. The van der Waals surface area contributed by atoms with Crippen LogP contribution in [0.5, 0.6) is 0 Å². The van der Waals surface area contributed by atoms with Gasteiger partial charge in [0.2, 0.25) is 0 Å². The Morgan fingerprint density at radius 3 is 2.50 bits per heavy atom. The molecule has 90 valence electrons. The van der Waals surface area contributed by atoms with Crippen molar-refractivity contribution in [2.24, 2.45) is 5.73 Å². The molecule has 0 aromatic rings. The Hall–Kier alpha value is -1.01. The van der Waals surface area contributed by atoms with Crippen molar-refractivity contribution in [2.45, 2.75) is 58.0 Å². The molecule has 0 aromatic carbocycles. The second kappa shape index (κ2) is 6.55. The molecule has 0 aromatic heterocycles. The molecule has 0 heterocycles. The first-order chi connectivity index (χ1) is 7.69. The Labute approximate surface area is 98.4 Å². The molecular weight excluding hydrogens is 200 g/mol. The van der Waals surface area contributed by atoms with Crippen LogP contribution in [0.25, 0.3) is 0 Å². The van der Waals surface area contributed by atoms with Crippen LogP contribution in [-0.4, -0.2) is 29.4 Å². The molecule has 1 amide bonds. The zero-order chi connectivity index (χ0) is 12.0. The van der Waals surface area contributed by atoms with Gasteiger partial charge in [-0.25, -0.2) is 0 Å². The van der Waals surface area contributed by atoms with E-state index in [1.54, 1.807) is 6.92 Å². The van der Waals surface area contributed by atoms with E-state index in [9.17, 15) is 4.79 Å². The van der Waals surface area contributed by atoms with Crippen molar-refractivity contribution in [1.29, 1.82) is 0 Å². The fraction of sp³-hybridized carbons (Fsp3) is 0.769. The minimum absolute atomic E-state index is 0.0233. The predicted molar refractivity (Wildman–Crippen MR) is 65.7 cm³/mol. The summed E-state index contributed by atoms with van der Waals surface area (Å²) in [5.41, 5.74) is 5.87. The Morgan fingerprint density at radius 1 is 1.38 bits per heavy atom. The minimum Gasteiger partial charge on any atom is -0.329 e. The fourth-order valence-corrected chi connectivity index (χ4v) is 2.28. The first-order valence-electron chi connectivity index (χ1n) is 6.18. The van der Waals surface area contributed by atoms with Crippen molar-refractivity contribution in [2.75, 3.05) is 6.54 Å². The molecule has 0 unspecified atom stereocenters. The summed E-state index contributed by atoms with van der Waals surface area (Å²) in [5.74, 6) is 5.31. The van der Waals surface area contributed by atoms with Gasteiger partial charge in [-0.2, -0.15) is 0 Å². The summed E-state index contributed by atoms with van der Waals surface area (Å²) < 4.78 is 0. The van der Waals surface area contributed by atoms with Gasteiger partial charge in [0.25, 0.3) is 5.91 Å². The van der Waals surface area contributed by atoms with E-state index in [4.69, 9.17) is 5.73 Å². The summed E-state index contributed by atoms with van der Waals surface area (Å²) in [6.07, 6.45) is 5.09. The Bertz CT molecular complexity index is 282. The quantitative estimate of drug-likeness (QED) is 0.736. The molecule has 2 N–H and O–H groups in total. The smallest absolute Gasteiger partial charge is 0.298 e. The molecule has 0 aliphatic heterocycles. The SMILES string of the molecule is CC#CC(=O)N(CCC)C1CCC(N)CC1. The number of nitrogens with zero attached hydrogens (tertiary/aromatic N) is 1. The van der Waals surface area contributed by atoms with Crippen molar-refractivity contribution in [3.63, 3.8) is 0 Å². The van der Waals surface area contributed by atoms with E-state index < -0.39 is 0 Å². The van der Waals surface area contributed by atoms with E-state index in [0.29, 0.717) is 12.1 Å². The molecule has 1 saturated carbocycles. The van der Waals surface area contributed by atoms with Crippen LogP contribution in [-0.2, 0) is 4.79 Å². The number of hydrogen-bond acceptors (Lipinski definition) is 2. The third kappa shape index (κ3) is 3.53. The van der Waals surface area contributed by atoms with Crippen LogP contribution in [0.4, 0.5) is 0 Å². The molecule has 0 bridgehead atoms. The van der Waals surface area contributed by atoms with E-state index >= 15 is 0 Å². The van der Waals surface area contributed by atoms with E-state index in [0.717, 1.165) is 38.6 Å². The largest absolute Gasteiger partial charge is 0.329 e. The van der Waals surface area contributed by atoms with Gasteiger partial charge in [0.05, 0.1) is 0 Å². The van der Waals surface area contributed by atoms with Crippen molar-refractivity contribution >= 4 is 5.91 Å². The highest BCUT2D eigenvalue weighted by atomic mass is 16.2. The molecule has 1 rings (SSSR count). The number of carbonyl (C=O) groups excluding carboxylic acids is 1. The maximum atomic E-state index is 11.8. The average Bonchev–Trinajstić information content (AvgIpc) is 2.28. The van der Waals surface area contributed by atoms with Gasteiger partial charge < -0.3 is 10.6 Å². The molecule has 1 aliphatic carbocycles. The number of hydrogen-bond donors (Lipinski definition) is 1. The Morgan fingerprint density at radius 2 is 2.00 bits per heavy atom. The van der Waals surface area contributed by atoms with Crippen molar-refractivity contribution in [1.82, 2.24) is 4.90 Å². The summed E-state index contributed by atoms with van der Waals surface area (Å²) in [6, 6.07) is 0.681. The summed E-state index contributed by atoms with van der Waals surface area (Å²) in [6.45, 7) is 4.61. The van der Waals surface area contributed by atoms with Crippen LogP contribution in [0.2, 0.25) is 0 Å². The highest BCUT2D eigenvalue weighted by Crippen LogP contribution is 2.22. The van der Waals surface area contributed by atoms with E-state index in [-0.39, 0.29) is 5.91 Å². The third-order valence-electron chi connectivity index (χ3n) is 3.14. The van der Waals surface area contributed by atoms with Gasteiger partial charge in [0, 0.05) is 18.6 Å². The minimum atomic E-state index is -0.0233. The topological polar surface area (TPSA) is 46.3 Å². The number of rotatable bonds is 3. The van der Waals surface area contributed by atoms with Gasteiger partial charge in [-0.05, 0) is 44.9 Å². The summed E-state index contributed by atoms with van der Waals surface area (Å²) in [4.78, 5) is 13.8. The standard InChI is InChI=1S/C13H22N2O/c1-3-5-13(16)15(10-4-2)12-8-6-11(14)7-9-12/h11-12H,4,6-10,14H2,1-2H3. The van der Waals surface area contributed by atoms with Gasteiger partial charge in [0.1, 0.15) is 0 Å². The average molecular weight is 222 g/mol. The number of carbonyl (C=O) groups is 1. The molecule has 1 aliphatic rings. The molecule has 0 spiro atoms. The molecule has 1 fully saturated rings. The monoisotopic (exact) mass is 222 g/mol. The number of amides is 1. The van der Waals surface area contributed by atoms with Crippen molar-refractivity contribution in [3.8, 4) is 11.8 Å². The Balaban J connectivity index is 2.61. The molecule has 16 heavy (non-hydrogen) atoms. The normalized spacial score (nSPS) is 24.4. The zero-order valence-corrected chi connectivity index (χ0v) is 10.3. The van der Waals surface area contributed by atoms with E-state index in [1.165, 1.54) is 0 Å². The lowest BCUT2D eigenvalue weighted by molar-refractivity contribution is -0.128. The highest BCUT2D eigenvalue weighted by molar-refractivity contribution is 5.93. The first kappa shape index (κ1) is 13.1. The third-order valence-corrected chi connectivity index (χ3v) is 3.14. The van der Waals surface area contributed by atoms with Gasteiger partial charge in [-0.3, -0.25) is 4.79 Å². The van der Waals surface area contributed by atoms with Crippen LogP contribution in [0.1, 0.15) is 46.0 Å². The highest BCUT2D eigenvalue weighted by Gasteiger charge is 2.26. The molecule has 0 saturated heterocycles.